The van der Waals surface area contributed by atoms with E-state index in [2.05, 4.69) is 44.5 Å². The number of hydrogen-bond acceptors (Lipinski definition) is 14. The van der Waals surface area contributed by atoms with Crippen molar-refractivity contribution in [2.24, 2.45) is 0 Å². The second kappa shape index (κ2) is 21.6. The predicted octanol–water partition coefficient (Wildman–Crippen LogP) is 5.65. The number of nitrogens with one attached hydrogen (secondary N) is 2. The van der Waals surface area contributed by atoms with E-state index in [0.29, 0.717) is 6.42 Å². The molecular formula is C46H61N3O14Si. The lowest BCUT2D eigenvalue weighted by atomic mass is 9.93. The fraction of sp³-hybridized carbons (Fsp3) is 0.543. The smallest absolute Gasteiger partial charge is 0.303 e. The second-order valence-electron chi connectivity index (χ2n) is 17.8. The molecule has 2 N–H and O–H groups in total. The van der Waals surface area contributed by atoms with E-state index in [1.165, 1.54) is 32.9 Å². The fourth-order valence-electron chi connectivity index (χ4n) is 7.68. The largest absolute Gasteiger partial charge is 0.457 e. The van der Waals surface area contributed by atoms with E-state index >= 15 is 0 Å². The number of hydrogen-bond donors (Lipinski definition) is 2. The van der Waals surface area contributed by atoms with Gasteiger partial charge in [0.05, 0.1) is 37.5 Å². The Hall–Kier alpha value is -4.63. The number of carbonyl (C=O) groups is 3. The van der Waals surface area contributed by atoms with Gasteiger partial charge in [-0.3, -0.25) is 24.5 Å². The van der Waals surface area contributed by atoms with Gasteiger partial charge >= 0.3 is 5.97 Å². The second-order valence-corrected chi connectivity index (χ2v) is 22.5. The molecule has 3 fully saturated rings. The molecular weight excluding hydrogens is 847 g/mol. The van der Waals surface area contributed by atoms with Crippen LogP contribution in [0, 0.1) is 10.1 Å². The Bertz CT molecular complexity index is 2020. The summed E-state index contributed by atoms with van der Waals surface area (Å²) in [6.07, 6.45) is -8.58. The van der Waals surface area contributed by atoms with Crippen molar-refractivity contribution in [3.05, 3.63) is 112 Å². The van der Waals surface area contributed by atoms with Crippen molar-refractivity contribution in [3.8, 4) is 0 Å². The minimum absolute atomic E-state index is 0.0457. The van der Waals surface area contributed by atoms with Gasteiger partial charge in [-0.2, -0.15) is 0 Å². The number of esters is 1. The summed E-state index contributed by atoms with van der Waals surface area (Å²) in [5.74, 6) is -1.52. The number of ether oxygens (including phenoxy) is 8. The molecule has 11 atom stereocenters. The van der Waals surface area contributed by atoms with Gasteiger partial charge in [-0.25, -0.2) is 0 Å². The summed E-state index contributed by atoms with van der Waals surface area (Å²) in [6.45, 7) is 14.8. The van der Waals surface area contributed by atoms with E-state index in [9.17, 15) is 24.5 Å². The average Bonchev–Trinajstić information content (AvgIpc) is 3.24. The monoisotopic (exact) mass is 907 g/mol. The molecule has 0 aromatic heterocycles. The Kier molecular flexibility index (Phi) is 16.5. The van der Waals surface area contributed by atoms with E-state index in [1.807, 2.05) is 60.7 Å². The number of benzene rings is 3. The molecule has 3 aromatic rings. The SMILES string of the molecule is CC(=O)N[C@H]1[C@H](O[C@@H]2[C@H](OC(C)=O)[C@@H](NC(C)=O)[C@@H](OCCc3ccc([N+](=O)[O-])cc3)O[C@@H]2COCc2ccccc2)O[C@@H]2CO[C@H](c3ccccc3)O[C@@H]2[C@@H]1O[Si](C)(C)C(C)(C)C. The molecule has 2 amide bonds. The van der Waals surface area contributed by atoms with Crippen molar-refractivity contribution in [2.75, 3.05) is 19.8 Å². The molecule has 0 bridgehead atoms. The van der Waals surface area contributed by atoms with Crippen LogP contribution in [0.25, 0.3) is 0 Å². The van der Waals surface area contributed by atoms with Crippen molar-refractivity contribution in [3.63, 3.8) is 0 Å². The summed E-state index contributed by atoms with van der Waals surface area (Å²) < 4.78 is 59.1. The van der Waals surface area contributed by atoms with Crippen LogP contribution in [0.2, 0.25) is 18.1 Å². The first-order valence-electron chi connectivity index (χ1n) is 21.5. The highest BCUT2D eigenvalue weighted by atomic mass is 28.4. The van der Waals surface area contributed by atoms with Crippen LogP contribution >= 0.6 is 0 Å². The lowest BCUT2D eigenvalue weighted by Gasteiger charge is -2.53. The highest BCUT2D eigenvalue weighted by Crippen LogP contribution is 2.43. The summed E-state index contributed by atoms with van der Waals surface area (Å²) >= 11 is 0. The highest BCUT2D eigenvalue weighted by molar-refractivity contribution is 6.74. The van der Waals surface area contributed by atoms with Gasteiger partial charge in [0, 0.05) is 38.5 Å². The summed E-state index contributed by atoms with van der Waals surface area (Å²) in [6, 6.07) is 23.0. The van der Waals surface area contributed by atoms with Gasteiger partial charge < -0.3 is 53.0 Å². The number of fused-ring (bicyclic) bond motifs is 1. The zero-order chi connectivity index (χ0) is 46.2. The first-order valence-corrected chi connectivity index (χ1v) is 24.4. The van der Waals surface area contributed by atoms with Crippen molar-refractivity contribution in [1.82, 2.24) is 10.6 Å². The third kappa shape index (κ3) is 12.6. The summed E-state index contributed by atoms with van der Waals surface area (Å²) in [7, 11) is -2.62. The first kappa shape index (κ1) is 48.8. The quantitative estimate of drug-likeness (QED) is 0.0728. The van der Waals surface area contributed by atoms with Gasteiger partial charge in [-0.15, -0.1) is 0 Å². The lowest BCUT2D eigenvalue weighted by molar-refractivity contribution is -0.384. The zero-order valence-corrected chi connectivity index (χ0v) is 38.6. The first-order chi connectivity index (χ1) is 30.4. The molecule has 3 saturated heterocycles. The van der Waals surface area contributed by atoms with Crippen LogP contribution in [-0.4, -0.2) is 112 Å². The molecule has 0 unspecified atom stereocenters. The number of non-ortho nitro benzene ring substituents is 1. The number of rotatable bonds is 17. The number of amides is 2. The number of nitro groups is 1. The van der Waals surface area contributed by atoms with Crippen LogP contribution in [0.5, 0.6) is 0 Å². The number of nitrogens with zero attached hydrogens (tertiary/aromatic N) is 1. The Balaban J connectivity index is 1.35. The van der Waals surface area contributed by atoms with Crippen LogP contribution in [0.4, 0.5) is 5.69 Å². The third-order valence-electron chi connectivity index (χ3n) is 11.8. The van der Waals surface area contributed by atoms with Gasteiger partial charge in [-0.1, -0.05) is 93.6 Å². The topological polar surface area (TPSA) is 201 Å². The maximum Gasteiger partial charge on any atom is 0.303 e. The van der Waals surface area contributed by atoms with E-state index in [0.717, 1.165) is 16.7 Å². The molecule has 0 aliphatic carbocycles. The van der Waals surface area contributed by atoms with Gasteiger partial charge in [0.25, 0.3) is 5.69 Å². The minimum Gasteiger partial charge on any atom is -0.457 e. The Morgan fingerprint density at radius 2 is 1.42 bits per heavy atom. The van der Waals surface area contributed by atoms with Crippen molar-refractivity contribution < 1.29 is 61.6 Å². The molecule has 64 heavy (non-hydrogen) atoms. The number of carbonyl (C=O) groups excluding carboxylic acids is 3. The van der Waals surface area contributed by atoms with E-state index in [1.54, 1.807) is 12.1 Å². The molecule has 3 aliphatic heterocycles. The Morgan fingerprint density at radius 1 is 0.797 bits per heavy atom. The van der Waals surface area contributed by atoms with Crippen LogP contribution in [0.3, 0.4) is 0 Å². The van der Waals surface area contributed by atoms with Gasteiger partial charge in [0.2, 0.25) is 11.8 Å². The van der Waals surface area contributed by atoms with Crippen LogP contribution < -0.4 is 10.6 Å². The summed E-state index contributed by atoms with van der Waals surface area (Å²) in [5.41, 5.74) is 2.41. The molecule has 18 heteroatoms. The highest BCUT2D eigenvalue weighted by Gasteiger charge is 2.57. The molecule has 3 aromatic carbocycles. The Labute approximate surface area is 375 Å². The molecule has 0 radical (unpaired) electrons. The molecule has 0 saturated carbocycles. The average molecular weight is 908 g/mol. The van der Waals surface area contributed by atoms with Crippen LogP contribution in [0.15, 0.2) is 84.9 Å². The third-order valence-corrected chi connectivity index (χ3v) is 16.3. The van der Waals surface area contributed by atoms with Crippen molar-refractivity contribution in [2.45, 2.75) is 140 Å². The number of nitro benzene ring substituents is 1. The molecule has 17 nitrogen and oxygen atoms in total. The Morgan fingerprint density at radius 3 is 2.02 bits per heavy atom. The van der Waals surface area contributed by atoms with Crippen LogP contribution in [-0.2, 0) is 69.7 Å². The van der Waals surface area contributed by atoms with Gasteiger partial charge in [-0.05, 0) is 35.7 Å². The molecule has 3 aliphatic rings. The molecule has 0 spiro atoms. The predicted molar refractivity (Wildman–Crippen MR) is 234 cm³/mol. The lowest BCUT2D eigenvalue weighted by Crippen LogP contribution is -2.72. The zero-order valence-electron chi connectivity index (χ0n) is 37.6. The summed E-state index contributed by atoms with van der Waals surface area (Å²) in [4.78, 5) is 49.9. The van der Waals surface area contributed by atoms with E-state index < -0.39 is 92.7 Å². The molecule has 3 heterocycles. The van der Waals surface area contributed by atoms with Crippen molar-refractivity contribution in [1.29, 1.82) is 0 Å². The normalized spacial score (nSPS) is 28.3. The molecule has 348 valence electrons. The van der Waals surface area contributed by atoms with E-state index in [4.69, 9.17) is 42.3 Å². The van der Waals surface area contributed by atoms with Crippen LogP contribution in [0.1, 0.15) is 64.5 Å². The molecule has 6 rings (SSSR count). The van der Waals surface area contributed by atoms with Gasteiger partial charge in [0.1, 0.15) is 36.5 Å². The fourth-order valence-corrected chi connectivity index (χ4v) is 8.99. The van der Waals surface area contributed by atoms with E-state index in [-0.39, 0.29) is 43.1 Å². The van der Waals surface area contributed by atoms with Gasteiger partial charge in [0.15, 0.2) is 33.3 Å². The summed E-state index contributed by atoms with van der Waals surface area (Å²) in [5, 5.41) is 16.9. The maximum atomic E-state index is 13.2. The standard InChI is InChI=1S/C46H61N3O14Si/c1-28(50)47-37-41(58-30(3)52)39(35(26-55-25-32-15-11-9-12-16-32)59-44(37)56-24-23-31-19-21-34(22-20-31)49(53)54)62-45-38(48-29(2)51)42(63-64(7,8)46(4,5)6)40-36(60-45)27-57-43(61-40)33-17-13-10-14-18-33/h9-22,35-45H,23-27H2,1-8H3,(H,47,50)(H,48,51)/t35-,36-,37-,38-,39+,40+,41-,42-,43+,44+,45+/m1/s1. The minimum atomic E-state index is -2.62. The maximum absolute atomic E-state index is 13.2. The van der Waals surface area contributed by atoms with Crippen molar-refractivity contribution >= 4 is 31.8 Å².